The molecule has 0 spiro atoms. The molecule has 0 saturated heterocycles. The Morgan fingerprint density at radius 3 is 2.70 bits per heavy atom. The van der Waals surface area contributed by atoms with E-state index in [1.165, 1.54) is 0 Å². The van der Waals surface area contributed by atoms with Crippen LogP contribution in [0.4, 0.5) is 5.69 Å². The molecule has 1 aromatic rings. The summed E-state index contributed by atoms with van der Waals surface area (Å²) in [4.78, 5) is 12.0. The molecule has 20 heavy (non-hydrogen) atoms. The molecule has 2 N–H and O–H groups in total. The van der Waals surface area contributed by atoms with E-state index in [-0.39, 0.29) is 12.5 Å². The van der Waals surface area contributed by atoms with Gasteiger partial charge < -0.3 is 15.2 Å². The molecule has 0 aromatic heterocycles. The van der Waals surface area contributed by atoms with E-state index in [1.807, 2.05) is 52.0 Å². The SMILES string of the molecule is CC1(CO)C=Cc2cc(NC(=O)C(C)(C)C)ccc2O1. The molecule has 1 unspecified atom stereocenters. The number of amides is 1. The summed E-state index contributed by atoms with van der Waals surface area (Å²) in [7, 11) is 0. The molecule has 108 valence electrons. The van der Waals surface area contributed by atoms with Gasteiger partial charge in [-0.1, -0.05) is 26.8 Å². The topological polar surface area (TPSA) is 58.6 Å². The Kier molecular flexibility index (Phi) is 3.61. The Morgan fingerprint density at radius 2 is 2.10 bits per heavy atom. The van der Waals surface area contributed by atoms with Gasteiger partial charge in [0.1, 0.15) is 11.4 Å². The minimum absolute atomic E-state index is 0.0293. The lowest BCUT2D eigenvalue weighted by atomic mass is 9.95. The number of benzene rings is 1. The first kappa shape index (κ1) is 14.6. The zero-order chi connectivity index (χ0) is 15.0. The maximum absolute atomic E-state index is 12.0. The standard InChI is InChI=1S/C16H21NO3/c1-15(2,3)14(19)17-12-5-6-13-11(9-12)7-8-16(4,10-18)20-13/h5-9,18H,10H2,1-4H3,(H,17,19). The Labute approximate surface area is 119 Å². The average molecular weight is 275 g/mol. The largest absolute Gasteiger partial charge is 0.480 e. The predicted octanol–water partition coefficient (Wildman–Crippen LogP) is 2.83. The summed E-state index contributed by atoms with van der Waals surface area (Å²) >= 11 is 0. The number of hydrogen-bond donors (Lipinski definition) is 2. The first-order valence-electron chi connectivity index (χ1n) is 6.68. The highest BCUT2D eigenvalue weighted by atomic mass is 16.5. The van der Waals surface area contributed by atoms with Crippen molar-refractivity contribution in [3.05, 3.63) is 29.8 Å². The fourth-order valence-electron chi connectivity index (χ4n) is 1.80. The molecule has 1 amide bonds. The molecule has 0 bridgehead atoms. The van der Waals surface area contributed by atoms with Crippen molar-refractivity contribution in [3.63, 3.8) is 0 Å². The Morgan fingerprint density at radius 1 is 1.40 bits per heavy atom. The summed E-state index contributed by atoms with van der Waals surface area (Å²) in [6.07, 6.45) is 3.73. The summed E-state index contributed by atoms with van der Waals surface area (Å²) in [5.41, 5.74) is 0.521. The van der Waals surface area contributed by atoms with Crippen LogP contribution in [0.3, 0.4) is 0 Å². The quantitative estimate of drug-likeness (QED) is 0.872. The number of aliphatic hydroxyl groups is 1. The van der Waals surface area contributed by atoms with Gasteiger partial charge in [-0.25, -0.2) is 0 Å². The molecule has 4 nitrogen and oxygen atoms in total. The monoisotopic (exact) mass is 275 g/mol. The van der Waals surface area contributed by atoms with Crippen molar-refractivity contribution in [1.82, 2.24) is 0 Å². The highest BCUT2D eigenvalue weighted by Gasteiger charge is 2.27. The number of anilines is 1. The van der Waals surface area contributed by atoms with E-state index in [4.69, 9.17) is 4.74 Å². The summed E-state index contributed by atoms with van der Waals surface area (Å²) in [5.74, 6) is 0.677. The van der Waals surface area contributed by atoms with Crippen LogP contribution in [-0.2, 0) is 4.79 Å². The van der Waals surface area contributed by atoms with Crippen molar-refractivity contribution in [2.24, 2.45) is 5.41 Å². The van der Waals surface area contributed by atoms with Crippen LogP contribution in [0.1, 0.15) is 33.3 Å². The molecule has 0 aliphatic carbocycles. The molecule has 0 fully saturated rings. The van der Waals surface area contributed by atoms with Crippen LogP contribution in [0.5, 0.6) is 5.75 Å². The van der Waals surface area contributed by atoms with Crippen molar-refractivity contribution >= 4 is 17.7 Å². The van der Waals surface area contributed by atoms with Gasteiger partial charge in [-0.3, -0.25) is 4.79 Å². The van der Waals surface area contributed by atoms with Crippen LogP contribution in [0.15, 0.2) is 24.3 Å². The number of nitrogens with one attached hydrogen (secondary N) is 1. The Balaban J connectivity index is 2.21. The second-order valence-electron chi connectivity index (χ2n) is 6.36. The number of fused-ring (bicyclic) bond motifs is 1. The van der Waals surface area contributed by atoms with Gasteiger partial charge in [0, 0.05) is 16.7 Å². The second-order valence-corrected chi connectivity index (χ2v) is 6.36. The van der Waals surface area contributed by atoms with Crippen LogP contribution in [0.2, 0.25) is 0 Å². The van der Waals surface area contributed by atoms with Crippen molar-refractivity contribution in [2.75, 3.05) is 11.9 Å². The smallest absolute Gasteiger partial charge is 0.229 e. The Hall–Kier alpha value is -1.81. The van der Waals surface area contributed by atoms with Gasteiger partial charge in [-0.05, 0) is 31.2 Å². The third-order valence-electron chi connectivity index (χ3n) is 3.22. The summed E-state index contributed by atoms with van der Waals surface area (Å²) in [6, 6.07) is 5.48. The van der Waals surface area contributed by atoms with Gasteiger partial charge in [0.15, 0.2) is 0 Å². The molecule has 1 aliphatic rings. The van der Waals surface area contributed by atoms with Crippen LogP contribution in [0, 0.1) is 5.41 Å². The minimum atomic E-state index is -0.677. The number of carbonyl (C=O) groups excluding carboxylic acids is 1. The van der Waals surface area contributed by atoms with Crippen molar-refractivity contribution in [1.29, 1.82) is 0 Å². The fraction of sp³-hybridized carbons (Fsp3) is 0.438. The van der Waals surface area contributed by atoms with Gasteiger partial charge >= 0.3 is 0 Å². The van der Waals surface area contributed by atoms with Crippen LogP contribution < -0.4 is 10.1 Å². The molecule has 1 aromatic carbocycles. The van der Waals surface area contributed by atoms with Gasteiger partial charge in [0.05, 0.1) is 6.61 Å². The van der Waals surface area contributed by atoms with E-state index in [0.717, 1.165) is 11.3 Å². The van der Waals surface area contributed by atoms with Gasteiger partial charge in [0.2, 0.25) is 5.91 Å². The highest BCUT2D eigenvalue weighted by Crippen LogP contribution is 2.33. The first-order valence-corrected chi connectivity index (χ1v) is 6.68. The Bertz CT molecular complexity index is 557. The van der Waals surface area contributed by atoms with Gasteiger partial charge in [0.25, 0.3) is 0 Å². The van der Waals surface area contributed by atoms with Crippen LogP contribution >= 0.6 is 0 Å². The van der Waals surface area contributed by atoms with E-state index < -0.39 is 11.0 Å². The second kappa shape index (κ2) is 4.94. The van der Waals surface area contributed by atoms with Crippen LogP contribution in [-0.4, -0.2) is 23.2 Å². The molecule has 1 atom stereocenters. The zero-order valence-corrected chi connectivity index (χ0v) is 12.4. The average Bonchev–Trinajstić information content (AvgIpc) is 2.38. The molecule has 0 radical (unpaired) electrons. The first-order chi connectivity index (χ1) is 9.23. The number of hydrogen-bond acceptors (Lipinski definition) is 3. The van der Waals surface area contributed by atoms with Crippen molar-refractivity contribution in [3.8, 4) is 5.75 Å². The lowest BCUT2D eigenvalue weighted by molar-refractivity contribution is -0.123. The predicted molar refractivity (Wildman–Crippen MR) is 79.7 cm³/mol. The van der Waals surface area contributed by atoms with Crippen molar-refractivity contribution < 1.29 is 14.6 Å². The van der Waals surface area contributed by atoms with E-state index in [9.17, 15) is 9.90 Å². The minimum Gasteiger partial charge on any atom is -0.480 e. The number of carbonyl (C=O) groups is 1. The number of aliphatic hydroxyl groups excluding tert-OH is 1. The van der Waals surface area contributed by atoms with E-state index in [2.05, 4.69) is 5.32 Å². The molecular formula is C16H21NO3. The van der Waals surface area contributed by atoms with Gasteiger partial charge in [-0.15, -0.1) is 0 Å². The number of ether oxygens (including phenoxy) is 1. The van der Waals surface area contributed by atoms with Gasteiger partial charge in [-0.2, -0.15) is 0 Å². The summed E-state index contributed by atoms with van der Waals surface area (Å²) in [6.45, 7) is 7.36. The summed E-state index contributed by atoms with van der Waals surface area (Å²) in [5, 5.41) is 12.2. The maximum atomic E-state index is 12.0. The third kappa shape index (κ3) is 3.02. The van der Waals surface area contributed by atoms with E-state index in [0.29, 0.717) is 5.75 Å². The fourth-order valence-corrected chi connectivity index (χ4v) is 1.80. The van der Waals surface area contributed by atoms with Crippen LogP contribution in [0.25, 0.3) is 6.08 Å². The molecule has 2 rings (SSSR count). The normalized spacial score (nSPS) is 21.1. The molecule has 1 heterocycles. The molecule has 1 aliphatic heterocycles. The van der Waals surface area contributed by atoms with Crippen molar-refractivity contribution in [2.45, 2.75) is 33.3 Å². The molecule has 0 saturated carbocycles. The maximum Gasteiger partial charge on any atom is 0.229 e. The lowest BCUT2D eigenvalue weighted by Crippen LogP contribution is -2.35. The highest BCUT2D eigenvalue weighted by molar-refractivity contribution is 5.94. The van der Waals surface area contributed by atoms with E-state index >= 15 is 0 Å². The summed E-state index contributed by atoms with van der Waals surface area (Å²) < 4.78 is 5.75. The molecule has 4 heteroatoms. The zero-order valence-electron chi connectivity index (χ0n) is 12.4. The lowest BCUT2D eigenvalue weighted by Gasteiger charge is -2.30. The van der Waals surface area contributed by atoms with E-state index in [1.54, 1.807) is 6.07 Å². The number of rotatable bonds is 2. The third-order valence-corrected chi connectivity index (χ3v) is 3.22. The molecular weight excluding hydrogens is 254 g/mol.